The normalized spacial score (nSPS) is 16.2. The molecule has 0 N–H and O–H groups in total. The second kappa shape index (κ2) is 7.88. The van der Waals surface area contributed by atoms with E-state index in [1.165, 1.54) is 25.8 Å². The standard InChI is InChI=1S/C19H22N6O3S/c1-23-13-10-21-19(23)29(27,28)24-11-6-15(7-12-24)14-25-18(26)3-2-17(22-25)16-4-8-20-9-5-16/h2-5,8-10,13,15H,6-7,11-12,14H2,1H3. The second-order valence-electron chi connectivity index (χ2n) is 7.14. The lowest BCUT2D eigenvalue weighted by Crippen LogP contribution is -2.41. The SMILES string of the molecule is Cn1ccnc1S(=O)(=O)N1CCC(Cn2nc(-c3ccncc3)ccc2=O)CC1. The van der Waals surface area contributed by atoms with Gasteiger partial charge in [-0.25, -0.2) is 18.1 Å². The largest absolute Gasteiger partial charge is 0.324 e. The Morgan fingerprint density at radius 3 is 2.45 bits per heavy atom. The van der Waals surface area contributed by atoms with Gasteiger partial charge in [-0.15, -0.1) is 0 Å². The molecule has 1 fully saturated rings. The van der Waals surface area contributed by atoms with E-state index in [4.69, 9.17) is 0 Å². The van der Waals surface area contributed by atoms with Crippen LogP contribution in [0.5, 0.6) is 0 Å². The van der Waals surface area contributed by atoms with Gasteiger partial charge >= 0.3 is 0 Å². The van der Waals surface area contributed by atoms with Crippen molar-refractivity contribution in [2.75, 3.05) is 13.1 Å². The third kappa shape index (κ3) is 3.99. The smallest absolute Gasteiger partial charge is 0.276 e. The van der Waals surface area contributed by atoms with Gasteiger partial charge in [0, 0.05) is 63.1 Å². The van der Waals surface area contributed by atoms with E-state index in [9.17, 15) is 13.2 Å². The van der Waals surface area contributed by atoms with E-state index in [1.54, 1.807) is 31.7 Å². The molecule has 1 aliphatic rings. The maximum Gasteiger partial charge on any atom is 0.276 e. The monoisotopic (exact) mass is 414 g/mol. The van der Waals surface area contributed by atoms with Crippen molar-refractivity contribution in [3.8, 4) is 11.3 Å². The summed E-state index contributed by atoms with van der Waals surface area (Å²) in [7, 11) is -1.93. The molecule has 3 aromatic heterocycles. The van der Waals surface area contributed by atoms with E-state index in [0.29, 0.717) is 38.2 Å². The van der Waals surface area contributed by atoms with E-state index in [-0.39, 0.29) is 16.6 Å². The molecule has 0 atom stereocenters. The summed E-state index contributed by atoms with van der Waals surface area (Å²) in [6.45, 7) is 1.27. The van der Waals surface area contributed by atoms with Crippen LogP contribution in [0.25, 0.3) is 11.3 Å². The molecule has 4 heterocycles. The van der Waals surface area contributed by atoms with Crippen molar-refractivity contribution in [3.05, 3.63) is 59.4 Å². The van der Waals surface area contributed by atoms with Crippen molar-refractivity contribution < 1.29 is 8.42 Å². The van der Waals surface area contributed by atoms with E-state index in [1.807, 2.05) is 12.1 Å². The minimum Gasteiger partial charge on any atom is -0.324 e. The lowest BCUT2D eigenvalue weighted by molar-refractivity contribution is 0.243. The summed E-state index contributed by atoms with van der Waals surface area (Å²) in [6.07, 6.45) is 7.80. The third-order valence-electron chi connectivity index (χ3n) is 5.19. The minimum atomic E-state index is -3.60. The van der Waals surface area contributed by atoms with Crippen LogP contribution in [0.4, 0.5) is 0 Å². The average Bonchev–Trinajstić information content (AvgIpc) is 3.17. The van der Waals surface area contributed by atoms with Gasteiger partial charge in [0.15, 0.2) is 0 Å². The minimum absolute atomic E-state index is 0.0545. The average molecular weight is 414 g/mol. The van der Waals surface area contributed by atoms with Crippen molar-refractivity contribution in [2.45, 2.75) is 24.5 Å². The molecule has 0 amide bonds. The number of nitrogens with zero attached hydrogens (tertiary/aromatic N) is 6. The summed E-state index contributed by atoms with van der Waals surface area (Å²) < 4.78 is 30.0. The first-order valence-electron chi connectivity index (χ1n) is 9.41. The van der Waals surface area contributed by atoms with Gasteiger partial charge in [0.2, 0.25) is 5.16 Å². The van der Waals surface area contributed by atoms with Gasteiger partial charge in [0.05, 0.1) is 5.69 Å². The fraction of sp³-hybridized carbons (Fsp3) is 0.368. The van der Waals surface area contributed by atoms with Gasteiger partial charge in [0.25, 0.3) is 15.6 Å². The highest BCUT2D eigenvalue weighted by Gasteiger charge is 2.32. The molecule has 0 aliphatic carbocycles. The van der Waals surface area contributed by atoms with Gasteiger partial charge in [-0.05, 0) is 37.0 Å². The van der Waals surface area contributed by atoms with Crippen LogP contribution in [0.2, 0.25) is 0 Å². The molecule has 1 saturated heterocycles. The van der Waals surface area contributed by atoms with E-state index in [2.05, 4.69) is 15.1 Å². The number of imidazole rings is 1. The summed E-state index contributed by atoms with van der Waals surface area (Å²) in [5.41, 5.74) is 1.44. The first kappa shape index (κ1) is 19.5. The zero-order valence-corrected chi connectivity index (χ0v) is 16.9. The molecule has 9 nitrogen and oxygen atoms in total. The number of piperidine rings is 1. The van der Waals surface area contributed by atoms with Crippen molar-refractivity contribution >= 4 is 10.0 Å². The quantitative estimate of drug-likeness (QED) is 0.620. The topological polar surface area (TPSA) is 103 Å². The Kier molecular flexibility index (Phi) is 5.29. The summed E-state index contributed by atoms with van der Waals surface area (Å²) >= 11 is 0. The van der Waals surface area contributed by atoms with Crippen molar-refractivity contribution in [2.24, 2.45) is 13.0 Å². The van der Waals surface area contributed by atoms with Crippen LogP contribution in [-0.2, 0) is 23.6 Å². The molecule has 0 spiro atoms. The van der Waals surface area contributed by atoms with Gasteiger partial charge in [0.1, 0.15) is 0 Å². The van der Waals surface area contributed by atoms with Crippen LogP contribution in [0.1, 0.15) is 12.8 Å². The van der Waals surface area contributed by atoms with Gasteiger partial charge in [-0.1, -0.05) is 0 Å². The molecule has 1 aliphatic heterocycles. The van der Waals surface area contributed by atoms with Crippen molar-refractivity contribution in [3.63, 3.8) is 0 Å². The molecule has 0 unspecified atom stereocenters. The van der Waals surface area contributed by atoms with Crippen LogP contribution in [0.3, 0.4) is 0 Å². The number of aryl methyl sites for hydroxylation is 1. The van der Waals surface area contributed by atoms with Crippen molar-refractivity contribution in [1.29, 1.82) is 0 Å². The maximum atomic E-state index is 12.8. The van der Waals surface area contributed by atoms with Gasteiger partial charge in [-0.2, -0.15) is 9.40 Å². The Labute approximate surface area is 168 Å². The summed E-state index contributed by atoms with van der Waals surface area (Å²) in [4.78, 5) is 20.2. The second-order valence-corrected chi connectivity index (χ2v) is 8.97. The lowest BCUT2D eigenvalue weighted by atomic mass is 9.98. The molecular weight excluding hydrogens is 392 g/mol. The molecule has 4 rings (SSSR count). The molecule has 0 bridgehead atoms. The fourth-order valence-corrected chi connectivity index (χ4v) is 5.09. The van der Waals surface area contributed by atoms with Crippen LogP contribution >= 0.6 is 0 Å². The predicted octanol–water partition coefficient (Wildman–Crippen LogP) is 1.14. The highest BCUT2D eigenvalue weighted by Crippen LogP contribution is 2.24. The Balaban J connectivity index is 1.45. The molecule has 152 valence electrons. The van der Waals surface area contributed by atoms with Crippen LogP contribution in [0, 0.1) is 5.92 Å². The molecule has 0 aromatic carbocycles. The first-order valence-corrected chi connectivity index (χ1v) is 10.9. The van der Waals surface area contributed by atoms with Crippen LogP contribution in [0.15, 0.2) is 59.0 Å². The summed E-state index contributed by atoms with van der Waals surface area (Å²) in [5.74, 6) is 0.181. The number of hydrogen-bond acceptors (Lipinski definition) is 6. The van der Waals surface area contributed by atoms with Crippen molar-refractivity contribution in [1.82, 2.24) is 28.6 Å². The fourth-order valence-electron chi connectivity index (χ4n) is 3.55. The zero-order chi connectivity index (χ0) is 20.4. The van der Waals surface area contributed by atoms with Crippen LogP contribution in [-0.4, -0.2) is 50.1 Å². The van der Waals surface area contributed by atoms with E-state index < -0.39 is 10.0 Å². The molecule has 10 heteroatoms. The maximum absolute atomic E-state index is 12.8. The Morgan fingerprint density at radius 2 is 1.79 bits per heavy atom. The first-order chi connectivity index (χ1) is 13.9. The Morgan fingerprint density at radius 1 is 1.07 bits per heavy atom. The molecule has 0 radical (unpaired) electrons. The molecular formula is C19H22N6O3S. The number of rotatable bonds is 5. The van der Waals surface area contributed by atoms with E-state index in [0.717, 1.165) is 5.56 Å². The van der Waals surface area contributed by atoms with Gasteiger partial charge < -0.3 is 4.57 Å². The molecule has 3 aromatic rings. The number of aromatic nitrogens is 5. The number of pyridine rings is 1. The summed E-state index contributed by atoms with van der Waals surface area (Å²) in [5, 5.41) is 4.54. The lowest BCUT2D eigenvalue weighted by Gasteiger charge is -2.30. The number of hydrogen-bond donors (Lipinski definition) is 0. The zero-order valence-electron chi connectivity index (χ0n) is 16.0. The highest BCUT2D eigenvalue weighted by atomic mass is 32.2. The molecule has 29 heavy (non-hydrogen) atoms. The third-order valence-corrected chi connectivity index (χ3v) is 7.09. The van der Waals surface area contributed by atoms with E-state index >= 15 is 0 Å². The molecule has 0 saturated carbocycles. The van der Waals surface area contributed by atoms with Gasteiger partial charge in [-0.3, -0.25) is 9.78 Å². The Hall–Kier alpha value is -2.85. The predicted molar refractivity (Wildman–Crippen MR) is 106 cm³/mol. The highest BCUT2D eigenvalue weighted by molar-refractivity contribution is 7.89. The summed E-state index contributed by atoms with van der Waals surface area (Å²) in [6, 6.07) is 6.91. The number of sulfonamides is 1. The van der Waals surface area contributed by atoms with Crippen LogP contribution < -0.4 is 5.56 Å². The Bertz CT molecular complexity index is 1150.